The summed E-state index contributed by atoms with van der Waals surface area (Å²) in [6.07, 6.45) is 1.59. The van der Waals surface area contributed by atoms with Crippen molar-refractivity contribution in [2.45, 2.75) is 17.5 Å². The molecule has 0 atom stereocenters. The summed E-state index contributed by atoms with van der Waals surface area (Å²) in [5, 5.41) is 15.5. The highest BCUT2D eigenvalue weighted by atomic mass is 35.5. The molecular weight excluding hydrogens is 534 g/mol. The number of amides is 1. The minimum Gasteiger partial charge on any atom is -0.461 e. The summed E-state index contributed by atoms with van der Waals surface area (Å²) in [6.45, 7) is 0.571. The number of rotatable bonds is 8. The largest absolute Gasteiger partial charge is 0.461 e. The third kappa shape index (κ3) is 5.06. The van der Waals surface area contributed by atoms with Gasteiger partial charge in [0.1, 0.15) is 10.7 Å². The lowest BCUT2D eigenvalue weighted by atomic mass is 10.2. The van der Waals surface area contributed by atoms with Crippen LogP contribution in [0.5, 0.6) is 11.5 Å². The maximum absolute atomic E-state index is 12.7. The van der Waals surface area contributed by atoms with Gasteiger partial charge in [0.25, 0.3) is 5.91 Å². The van der Waals surface area contributed by atoms with Crippen molar-refractivity contribution in [2.24, 2.45) is 0 Å². The van der Waals surface area contributed by atoms with Crippen LogP contribution < -0.4 is 14.8 Å². The summed E-state index contributed by atoms with van der Waals surface area (Å²) >= 11 is 8.98. The summed E-state index contributed by atoms with van der Waals surface area (Å²) in [6, 6.07) is 16.6. The van der Waals surface area contributed by atoms with Crippen molar-refractivity contribution in [3.8, 4) is 28.8 Å². The van der Waals surface area contributed by atoms with E-state index in [0.29, 0.717) is 51.3 Å². The first-order valence-corrected chi connectivity index (χ1v) is 13.4. The Balaban J connectivity index is 1.14. The summed E-state index contributed by atoms with van der Waals surface area (Å²) in [5.41, 5.74) is 2.14. The highest BCUT2D eigenvalue weighted by molar-refractivity contribution is 7.98. The van der Waals surface area contributed by atoms with Gasteiger partial charge in [-0.25, -0.2) is 4.98 Å². The van der Waals surface area contributed by atoms with Crippen molar-refractivity contribution in [3.05, 3.63) is 87.5 Å². The fourth-order valence-electron chi connectivity index (χ4n) is 3.68. The van der Waals surface area contributed by atoms with Gasteiger partial charge in [-0.15, -0.1) is 21.5 Å². The number of furan rings is 1. The van der Waals surface area contributed by atoms with E-state index in [2.05, 4.69) is 20.5 Å². The first-order chi connectivity index (χ1) is 18.1. The van der Waals surface area contributed by atoms with E-state index in [0.717, 1.165) is 16.3 Å². The van der Waals surface area contributed by atoms with E-state index in [1.165, 1.54) is 23.1 Å². The number of benzene rings is 2. The maximum atomic E-state index is 12.7. The van der Waals surface area contributed by atoms with Gasteiger partial charge in [0, 0.05) is 22.6 Å². The summed E-state index contributed by atoms with van der Waals surface area (Å²) in [7, 11) is 0. The van der Waals surface area contributed by atoms with E-state index >= 15 is 0 Å². The van der Waals surface area contributed by atoms with Crippen molar-refractivity contribution in [3.63, 3.8) is 0 Å². The number of nitrogens with zero attached hydrogens (tertiary/aromatic N) is 4. The van der Waals surface area contributed by atoms with Crippen LogP contribution in [0.4, 0.5) is 0 Å². The summed E-state index contributed by atoms with van der Waals surface area (Å²) in [4.78, 5) is 17.2. The first-order valence-electron chi connectivity index (χ1n) is 11.1. The van der Waals surface area contributed by atoms with Gasteiger partial charge in [-0.3, -0.25) is 9.36 Å². The van der Waals surface area contributed by atoms with E-state index in [1.54, 1.807) is 17.7 Å². The zero-order valence-electron chi connectivity index (χ0n) is 19.1. The van der Waals surface area contributed by atoms with E-state index in [-0.39, 0.29) is 12.7 Å². The van der Waals surface area contributed by atoms with Gasteiger partial charge in [-0.2, -0.15) is 0 Å². The third-order valence-corrected chi connectivity index (χ3v) is 7.68. The quantitative estimate of drug-likeness (QED) is 0.249. The first kappa shape index (κ1) is 23.6. The van der Waals surface area contributed by atoms with E-state index in [4.69, 9.17) is 25.5 Å². The number of hydrogen-bond donors (Lipinski definition) is 1. The molecule has 2 aromatic carbocycles. The molecule has 0 unspecified atom stereocenters. The van der Waals surface area contributed by atoms with Gasteiger partial charge < -0.3 is 19.2 Å². The predicted molar refractivity (Wildman–Crippen MR) is 139 cm³/mol. The lowest BCUT2D eigenvalue weighted by Crippen LogP contribution is -2.23. The fraction of sp³-hybridized carbons (Fsp3) is 0.120. The Labute approximate surface area is 224 Å². The van der Waals surface area contributed by atoms with Crippen LogP contribution >= 0.6 is 34.7 Å². The Kier molecular flexibility index (Phi) is 6.56. The monoisotopic (exact) mass is 551 g/mol. The molecule has 186 valence electrons. The van der Waals surface area contributed by atoms with Crippen molar-refractivity contribution in [2.75, 3.05) is 6.79 Å². The molecule has 0 spiro atoms. The molecule has 0 saturated carbocycles. The van der Waals surface area contributed by atoms with Gasteiger partial charge in [-0.05, 0) is 54.1 Å². The van der Waals surface area contributed by atoms with E-state index in [1.807, 2.05) is 53.1 Å². The van der Waals surface area contributed by atoms with Crippen LogP contribution in [-0.2, 0) is 12.3 Å². The maximum Gasteiger partial charge on any atom is 0.271 e. The molecule has 0 radical (unpaired) electrons. The van der Waals surface area contributed by atoms with Crippen molar-refractivity contribution in [1.29, 1.82) is 0 Å². The molecule has 1 aliphatic rings. The topological polar surface area (TPSA) is 104 Å². The number of aromatic nitrogens is 4. The van der Waals surface area contributed by atoms with Crippen LogP contribution in [0.3, 0.4) is 0 Å². The molecule has 0 fully saturated rings. The highest BCUT2D eigenvalue weighted by Crippen LogP contribution is 2.33. The SMILES string of the molecule is O=C(NCc1ccc2c(c1)OCO2)c1csc(CSc2nnc(-c3ccco3)n2-c2ccc(Cl)cc2)n1. The number of ether oxygens (including phenoxy) is 2. The number of thiazole rings is 1. The van der Waals surface area contributed by atoms with E-state index < -0.39 is 0 Å². The minimum absolute atomic E-state index is 0.213. The smallest absolute Gasteiger partial charge is 0.271 e. The number of carbonyl (C=O) groups is 1. The number of hydrogen-bond acceptors (Lipinski definition) is 9. The second-order valence-corrected chi connectivity index (χ2v) is 10.2. The van der Waals surface area contributed by atoms with Crippen LogP contribution in [-0.4, -0.2) is 32.4 Å². The number of carbonyl (C=O) groups excluding carboxylic acids is 1. The van der Waals surface area contributed by atoms with Crippen LogP contribution in [0.2, 0.25) is 5.02 Å². The minimum atomic E-state index is -0.241. The lowest BCUT2D eigenvalue weighted by molar-refractivity contribution is 0.0946. The molecule has 1 amide bonds. The molecule has 9 nitrogen and oxygen atoms in total. The Morgan fingerprint density at radius 2 is 1.97 bits per heavy atom. The summed E-state index contributed by atoms with van der Waals surface area (Å²) in [5.74, 6) is 2.85. The van der Waals surface area contributed by atoms with Gasteiger partial charge in [0.2, 0.25) is 12.6 Å². The average Bonchev–Trinajstić information content (AvgIpc) is 3.72. The fourth-order valence-corrected chi connectivity index (χ4v) is 5.55. The molecular formula is C25H18ClN5O4S2. The van der Waals surface area contributed by atoms with Gasteiger partial charge in [0.15, 0.2) is 22.4 Å². The van der Waals surface area contributed by atoms with Crippen LogP contribution in [0.25, 0.3) is 17.3 Å². The van der Waals surface area contributed by atoms with Crippen molar-refractivity contribution in [1.82, 2.24) is 25.1 Å². The zero-order chi connectivity index (χ0) is 25.2. The van der Waals surface area contributed by atoms with Crippen molar-refractivity contribution >= 4 is 40.6 Å². The Bertz CT molecular complexity index is 1550. The van der Waals surface area contributed by atoms with Crippen LogP contribution in [0.15, 0.2) is 75.8 Å². The van der Waals surface area contributed by atoms with Gasteiger partial charge >= 0.3 is 0 Å². The van der Waals surface area contributed by atoms with Gasteiger partial charge in [-0.1, -0.05) is 29.4 Å². The summed E-state index contributed by atoms with van der Waals surface area (Å²) < 4.78 is 18.2. The molecule has 6 rings (SSSR count). The standard InChI is InChI=1S/C25H18ClN5O4S2/c26-16-4-6-17(7-5-16)31-23(20-2-1-9-33-20)29-30-25(31)37-13-22-28-18(12-36-22)24(32)27-11-15-3-8-19-21(10-15)35-14-34-19/h1-10,12H,11,13-14H2,(H,27,32). The Morgan fingerprint density at radius 1 is 1.11 bits per heavy atom. The molecule has 1 N–H and O–H groups in total. The molecule has 3 aromatic heterocycles. The molecule has 0 bridgehead atoms. The predicted octanol–water partition coefficient (Wildman–Crippen LogP) is 5.59. The molecule has 0 aliphatic carbocycles. The molecule has 5 aromatic rings. The number of fused-ring (bicyclic) bond motifs is 1. The van der Waals surface area contributed by atoms with Gasteiger partial charge in [0.05, 0.1) is 12.0 Å². The van der Waals surface area contributed by atoms with Crippen LogP contribution in [0, 0.1) is 0 Å². The van der Waals surface area contributed by atoms with E-state index in [9.17, 15) is 4.79 Å². The molecule has 1 aliphatic heterocycles. The second-order valence-electron chi connectivity index (χ2n) is 7.88. The lowest BCUT2D eigenvalue weighted by Gasteiger charge is -2.09. The number of nitrogens with one attached hydrogen (secondary N) is 1. The number of halogens is 1. The number of thioether (sulfide) groups is 1. The Morgan fingerprint density at radius 3 is 2.81 bits per heavy atom. The average molecular weight is 552 g/mol. The molecule has 0 saturated heterocycles. The normalized spacial score (nSPS) is 12.1. The molecule has 12 heteroatoms. The van der Waals surface area contributed by atoms with Crippen molar-refractivity contribution < 1.29 is 18.7 Å². The molecule has 37 heavy (non-hydrogen) atoms. The highest BCUT2D eigenvalue weighted by Gasteiger charge is 2.19. The molecule has 4 heterocycles. The Hall–Kier alpha value is -3.80. The zero-order valence-corrected chi connectivity index (χ0v) is 21.5. The third-order valence-electron chi connectivity index (χ3n) is 5.46. The second kappa shape index (κ2) is 10.3. The van der Waals surface area contributed by atoms with Crippen LogP contribution in [0.1, 0.15) is 21.1 Å².